The van der Waals surface area contributed by atoms with E-state index in [0.29, 0.717) is 36.7 Å². The van der Waals surface area contributed by atoms with Gasteiger partial charge in [-0.05, 0) is 53.2 Å². The topological polar surface area (TPSA) is 127 Å². The van der Waals surface area contributed by atoms with Crippen molar-refractivity contribution in [1.29, 1.82) is 0 Å². The van der Waals surface area contributed by atoms with Gasteiger partial charge in [0.05, 0.1) is 54.8 Å². The Bertz CT molecular complexity index is 1220. The van der Waals surface area contributed by atoms with Crippen LogP contribution in [-0.4, -0.2) is 71.7 Å². The lowest BCUT2D eigenvalue weighted by atomic mass is 9.74. The van der Waals surface area contributed by atoms with E-state index in [9.17, 15) is 19.8 Å². The van der Waals surface area contributed by atoms with Gasteiger partial charge in [0, 0.05) is 31.6 Å². The second kappa shape index (κ2) is 15.6. The third-order valence-electron chi connectivity index (χ3n) is 7.71. The van der Waals surface area contributed by atoms with Crippen LogP contribution in [0.4, 0.5) is 4.79 Å². The highest BCUT2D eigenvalue weighted by molar-refractivity contribution is 6.33. The van der Waals surface area contributed by atoms with Gasteiger partial charge in [0.25, 0.3) is 0 Å². The first-order chi connectivity index (χ1) is 20.5. The van der Waals surface area contributed by atoms with Gasteiger partial charge < -0.3 is 39.4 Å². The van der Waals surface area contributed by atoms with Crippen LogP contribution in [0.2, 0.25) is 5.02 Å². The molecular formula is C32H45ClN2O8. The third kappa shape index (κ3) is 8.12. The highest BCUT2D eigenvalue weighted by Gasteiger charge is 2.53. The molecule has 0 aliphatic heterocycles. The Balaban J connectivity index is 1.97. The first kappa shape index (κ1) is 34.4. The van der Waals surface area contributed by atoms with E-state index < -0.39 is 29.7 Å². The van der Waals surface area contributed by atoms with Crippen LogP contribution in [0.15, 0.2) is 36.4 Å². The molecule has 1 aliphatic carbocycles. The number of carboxylic acid groups (broad SMARTS) is 1. The molecule has 2 aromatic rings. The number of benzene rings is 2. The quantitative estimate of drug-likeness (QED) is 0.207. The number of urea groups is 1. The van der Waals surface area contributed by atoms with E-state index in [1.165, 1.54) is 4.90 Å². The van der Waals surface area contributed by atoms with E-state index in [0.717, 1.165) is 5.56 Å². The molecule has 3 N–H and O–H groups in total. The highest BCUT2D eigenvalue weighted by atomic mass is 35.5. The van der Waals surface area contributed by atoms with Crippen molar-refractivity contribution in [2.45, 2.75) is 84.3 Å². The average molecular weight is 621 g/mol. The van der Waals surface area contributed by atoms with Crippen LogP contribution in [0.25, 0.3) is 0 Å². The second-order valence-electron chi connectivity index (χ2n) is 10.7. The van der Waals surface area contributed by atoms with E-state index in [-0.39, 0.29) is 49.0 Å². The molecule has 0 saturated heterocycles. The van der Waals surface area contributed by atoms with Gasteiger partial charge in [0.2, 0.25) is 0 Å². The summed E-state index contributed by atoms with van der Waals surface area (Å²) in [6, 6.07) is 10.2. The van der Waals surface area contributed by atoms with E-state index in [1.54, 1.807) is 19.9 Å². The summed E-state index contributed by atoms with van der Waals surface area (Å²) in [7, 11) is 0. The van der Waals surface area contributed by atoms with Crippen molar-refractivity contribution in [1.82, 2.24) is 10.2 Å². The molecule has 0 aromatic heterocycles. The maximum absolute atomic E-state index is 13.9. The van der Waals surface area contributed by atoms with E-state index in [4.69, 9.17) is 30.5 Å². The van der Waals surface area contributed by atoms with Crippen molar-refractivity contribution in [3.8, 4) is 11.5 Å². The maximum atomic E-state index is 13.9. The number of rotatable bonds is 16. The Hall–Kier alpha value is -3.05. The number of carbonyl (C=O) groups is 2. The van der Waals surface area contributed by atoms with Crippen LogP contribution in [-0.2, 0) is 14.3 Å². The second-order valence-corrected chi connectivity index (χ2v) is 11.0. The van der Waals surface area contributed by atoms with Crippen LogP contribution in [0.5, 0.6) is 11.5 Å². The molecule has 0 heterocycles. The normalized spacial score (nSPS) is 20.0. The van der Waals surface area contributed by atoms with Crippen molar-refractivity contribution >= 4 is 23.6 Å². The summed E-state index contributed by atoms with van der Waals surface area (Å²) in [5.74, 6) is -0.446. The summed E-state index contributed by atoms with van der Waals surface area (Å²) >= 11 is 6.90. The molecule has 0 radical (unpaired) electrons. The van der Waals surface area contributed by atoms with Crippen molar-refractivity contribution in [3.05, 3.63) is 58.1 Å². The average Bonchev–Trinajstić information content (AvgIpc) is 2.95. The number of amides is 2. The zero-order valence-electron chi connectivity index (χ0n) is 25.9. The molecule has 43 heavy (non-hydrogen) atoms. The largest absolute Gasteiger partial charge is 0.493 e. The Morgan fingerprint density at radius 3 is 2.28 bits per heavy atom. The Kier molecular flexibility index (Phi) is 12.5. The van der Waals surface area contributed by atoms with Gasteiger partial charge in [0.15, 0.2) is 0 Å². The zero-order chi connectivity index (χ0) is 31.7. The number of carboxylic acids is 1. The van der Waals surface area contributed by atoms with E-state index in [2.05, 4.69) is 5.32 Å². The molecule has 238 valence electrons. The first-order valence-electron chi connectivity index (χ1n) is 14.9. The minimum absolute atomic E-state index is 0.136. The molecule has 11 heteroatoms. The number of hydrogen-bond acceptors (Lipinski definition) is 7. The fourth-order valence-electron chi connectivity index (χ4n) is 5.37. The first-order valence-corrected chi connectivity index (χ1v) is 15.3. The van der Waals surface area contributed by atoms with Gasteiger partial charge in [-0.1, -0.05) is 41.9 Å². The van der Waals surface area contributed by atoms with Crippen LogP contribution < -0.4 is 14.8 Å². The third-order valence-corrected chi connectivity index (χ3v) is 8.10. The number of aliphatic hydroxyl groups excluding tert-OH is 1. The van der Waals surface area contributed by atoms with Gasteiger partial charge in [-0.3, -0.25) is 0 Å². The summed E-state index contributed by atoms with van der Waals surface area (Å²) in [5.41, 5.74) is 0.489. The molecule has 1 saturated carbocycles. The lowest BCUT2D eigenvalue weighted by Gasteiger charge is -2.45. The van der Waals surface area contributed by atoms with Gasteiger partial charge in [-0.15, -0.1) is 0 Å². The monoisotopic (exact) mass is 620 g/mol. The molecule has 1 aliphatic rings. The molecule has 2 aromatic carbocycles. The standard InChI is InChI=1S/C32H45ClN2O8/c1-7-40-24-18-32(19-24,30(37)38)34-31(39)35(15-16-43-22(6)23-13-11-10-12-14-23)20(4)25-17-26(41-8-2)27(21(5)36)29(28(25)33)42-9-3/h10-14,17,20-22,24,36H,7-9,15-16,18-19H2,1-6H3,(H,34,39)(H,37,38)/t20-,21?,22+,24-,32-/m1/s1. The number of carbonyl (C=O) groups excluding carboxylic acids is 1. The number of aliphatic carboxylic acids is 1. The van der Waals surface area contributed by atoms with Crippen molar-refractivity contribution in [2.24, 2.45) is 0 Å². The number of hydrogen-bond donors (Lipinski definition) is 3. The summed E-state index contributed by atoms with van der Waals surface area (Å²) in [6.45, 7) is 12.2. The molecule has 3 rings (SSSR count). The van der Waals surface area contributed by atoms with Gasteiger partial charge in [-0.2, -0.15) is 0 Å². The molecular weight excluding hydrogens is 576 g/mol. The number of nitrogens with one attached hydrogen (secondary N) is 1. The Labute approximate surface area is 259 Å². The van der Waals surface area contributed by atoms with Gasteiger partial charge >= 0.3 is 12.0 Å². The molecule has 1 unspecified atom stereocenters. The summed E-state index contributed by atoms with van der Waals surface area (Å²) in [4.78, 5) is 27.7. The van der Waals surface area contributed by atoms with Crippen molar-refractivity contribution in [2.75, 3.05) is 33.0 Å². The summed E-state index contributed by atoms with van der Waals surface area (Å²) in [6.07, 6.45) is -1.07. The van der Waals surface area contributed by atoms with E-state index >= 15 is 0 Å². The number of ether oxygens (including phenoxy) is 4. The molecule has 0 spiro atoms. The van der Waals surface area contributed by atoms with E-state index in [1.807, 2.05) is 58.0 Å². The minimum Gasteiger partial charge on any atom is -0.493 e. The van der Waals surface area contributed by atoms with Crippen molar-refractivity contribution in [3.63, 3.8) is 0 Å². The predicted octanol–water partition coefficient (Wildman–Crippen LogP) is 6.06. The van der Waals surface area contributed by atoms with Gasteiger partial charge in [-0.25, -0.2) is 9.59 Å². The van der Waals surface area contributed by atoms with Crippen molar-refractivity contribution < 1.29 is 38.7 Å². The van der Waals surface area contributed by atoms with Crippen LogP contribution >= 0.6 is 11.6 Å². The van der Waals surface area contributed by atoms with Crippen LogP contribution in [0.1, 0.15) is 89.3 Å². The predicted molar refractivity (Wildman–Crippen MR) is 164 cm³/mol. The zero-order valence-corrected chi connectivity index (χ0v) is 26.6. The SMILES string of the molecule is CCOc1cc([C@@H](C)N(CCO[C@@H](C)c2ccccc2)C(=O)N[C@]2(C(=O)O)C[C@@H](OCC)C2)c(Cl)c(OCC)c1C(C)O. The fraction of sp³-hybridized carbons (Fsp3) is 0.562. The number of nitrogens with zero attached hydrogens (tertiary/aromatic N) is 1. The summed E-state index contributed by atoms with van der Waals surface area (Å²) < 4.78 is 23.4. The Morgan fingerprint density at radius 1 is 1.07 bits per heavy atom. The highest BCUT2D eigenvalue weighted by Crippen LogP contribution is 2.45. The fourth-order valence-corrected chi connectivity index (χ4v) is 5.74. The molecule has 0 bridgehead atoms. The smallest absolute Gasteiger partial charge is 0.329 e. The van der Waals surface area contributed by atoms with Crippen LogP contribution in [0.3, 0.4) is 0 Å². The molecule has 3 atom stereocenters. The molecule has 10 nitrogen and oxygen atoms in total. The Morgan fingerprint density at radius 2 is 1.72 bits per heavy atom. The maximum Gasteiger partial charge on any atom is 0.329 e. The molecule has 1 fully saturated rings. The number of halogens is 1. The number of aliphatic hydroxyl groups is 1. The minimum atomic E-state index is -1.44. The van der Waals surface area contributed by atoms with Gasteiger partial charge in [0.1, 0.15) is 17.0 Å². The lowest BCUT2D eigenvalue weighted by molar-refractivity contribution is -0.156. The summed E-state index contributed by atoms with van der Waals surface area (Å²) in [5, 5.41) is 23.6. The van der Waals surface area contributed by atoms with Crippen LogP contribution in [0, 0.1) is 0 Å². The lowest BCUT2D eigenvalue weighted by Crippen LogP contribution is -2.66. The molecule has 2 amide bonds.